The molecule has 76 heavy (non-hydrogen) atoms. The second-order valence-electron chi connectivity index (χ2n) is 23.1. The van der Waals surface area contributed by atoms with E-state index in [1.165, 1.54) is 26.4 Å². The summed E-state index contributed by atoms with van der Waals surface area (Å²) in [6.07, 6.45) is 4.02. The molecule has 4 aliphatic heterocycles. The first-order valence-corrected chi connectivity index (χ1v) is 26.7. The van der Waals surface area contributed by atoms with Gasteiger partial charge in [0.2, 0.25) is 6.21 Å². The third kappa shape index (κ3) is 10.7. The van der Waals surface area contributed by atoms with Gasteiger partial charge in [-0.05, 0) is 119 Å². The lowest BCUT2D eigenvalue weighted by Crippen LogP contribution is -2.59. The number of nitrogens with zero attached hydrogens (tertiary/aromatic N) is 7. The van der Waals surface area contributed by atoms with Crippen molar-refractivity contribution < 1.29 is 42.4 Å². The number of rotatable bonds is 9. The van der Waals surface area contributed by atoms with Crippen LogP contribution in [0.3, 0.4) is 0 Å². The number of nitrogens with one attached hydrogen (secondary N) is 1. The Hall–Kier alpha value is -6.70. The highest BCUT2D eigenvalue weighted by molar-refractivity contribution is 6.10. The molecule has 4 aromatic rings. The maximum Gasteiger partial charge on any atom is 0.411 e. The molecule has 2 saturated heterocycles. The Bertz CT molecular complexity index is 3060. The second kappa shape index (κ2) is 21.4. The summed E-state index contributed by atoms with van der Waals surface area (Å²) in [6, 6.07) is 17.3. The smallest absolute Gasteiger partial charge is 0.411 e. The van der Waals surface area contributed by atoms with Crippen LogP contribution in [0.1, 0.15) is 104 Å². The van der Waals surface area contributed by atoms with Gasteiger partial charge in [-0.2, -0.15) is 0 Å². The third-order valence-corrected chi connectivity index (χ3v) is 16.2. The number of ether oxygens (including phenoxy) is 2. The molecule has 8 rings (SSSR count). The number of likely N-dealkylation sites (N-methyl/N-ethyl adjacent to an activating group) is 1. The number of methoxy groups -OCH3 is 1. The van der Waals surface area contributed by atoms with Gasteiger partial charge in [0.25, 0.3) is 11.8 Å². The highest BCUT2D eigenvalue weighted by atomic mass is 19.1. The fourth-order valence-electron chi connectivity index (χ4n) is 11.1. The van der Waals surface area contributed by atoms with Crippen molar-refractivity contribution in [2.75, 3.05) is 54.5 Å². The van der Waals surface area contributed by atoms with E-state index in [1.54, 1.807) is 33.4 Å². The van der Waals surface area contributed by atoms with Gasteiger partial charge >= 0.3 is 23.3 Å². The number of alkyl halides is 1. The molecule has 6 bridgehead atoms. The average molecular weight is 1040 g/mol. The van der Waals surface area contributed by atoms with E-state index in [0.29, 0.717) is 31.5 Å². The Morgan fingerprint density at radius 1 is 1.01 bits per heavy atom. The topological polar surface area (TPSA) is 150 Å². The van der Waals surface area contributed by atoms with Crippen molar-refractivity contribution in [3.8, 4) is 34.2 Å². The number of carbonyl (C=O) groups excluding carboxylic acids is 5. The number of fused-ring (bicyclic) bond motifs is 7. The molecule has 0 saturated carbocycles. The van der Waals surface area contributed by atoms with E-state index in [-0.39, 0.29) is 51.6 Å². The van der Waals surface area contributed by atoms with Crippen molar-refractivity contribution >= 4 is 46.7 Å². The molecular formula is C60H76FN8O7+. The molecule has 0 aliphatic carbocycles. The number of carbonyl (C=O) groups is 5. The molecule has 0 radical (unpaired) electrons. The first-order chi connectivity index (χ1) is 35.9. The van der Waals surface area contributed by atoms with Gasteiger partial charge in [-0.3, -0.25) is 39.5 Å². The van der Waals surface area contributed by atoms with Crippen molar-refractivity contribution in [2.24, 2.45) is 17.3 Å². The van der Waals surface area contributed by atoms with E-state index in [0.717, 1.165) is 50.1 Å². The standard InChI is InChI=1S/C60H76FN8O7/c1-14-67-48-23-22-43-33-46(48)47(52(67)45-20-16-28-62-50(45)40(5)75-13)35-57(6,7)37-76-54(72)44-21-17-29-69(63-39(44)4)56(74)60(34-41-18-15-19-42(43)32-41)36-68(60)53(71)51(38(2)3)65(12)55(73)59(61)26-30-66(31-27-59)49(70)24-25-58(8,9)64(10)11/h15-16,18-20,22-23,28,32-33,36,38,40,44,51,63H,4,14,17,21,26-27,29-31,34-35,37H2,1-3,5-13H3/q+1/t40-,44+,51-,60+/m0/s1. The number of pyridine rings is 1. The number of halogens is 1. The fourth-order valence-corrected chi connectivity index (χ4v) is 11.1. The molecular weight excluding hydrogens is 964 g/mol. The number of likely N-dealkylation sites (tertiary alicyclic amines) is 1. The molecule has 15 nitrogen and oxygen atoms in total. The van der Waals surface area contributed by atoms with Crippen LogP contribution in [0, 0.1) is 29.1 Å². The number of hydrazine groups is 1. The van der Waals surface area contributed by atoms with E-state index >= 15 is 14.0 Å². The van der Waals surface area contributed by atoms with Crippen LogP contribution in [0.2, 0.25) is 0 Å². The summed E-state index contributed by atoms with van der Waals surface area (Å²) in [5, 5.41) is 2.47. The number of aryl methyl sites for hydroxylation is 1. The number of hydrogen-bond acceptors (Lipinski definition) is 10. The van der Waals surface area contributed by atoms with Gasteiger partial charge in [0, 0.05) is 87.0 Å². The van der Waals surface area contributed by atoms with Gasteiger partial charge in [-0.25, -0.2) is 9.18 Å². The quantitative estimate of drug-likeness (QED) is 0.101. The molecule has 4 amide bonds. The second-order valence-corrected chi connectivity index (χ2v) is 23.1. The molecule has 0 unspecified atom stereocenters. The van der Waals surface area contributed by atoms with E-state index in [4.69, 9.17) is 14.5 Å². The minimum absolute atomic E-state index is 0.0183. The number of piperidine rings is 1. The number of amides is 4. The highest BCUT2D eigenvalue weighted by Gasteiger charge is 2.69. The highest BCUT2D eigenvalue weighted by Crippen LogP contribution is 2.43. The van der Waals surface area contributed by atoms with Crippen LogP contribution >= 0.6 is 0 Å². The Morgan fingerprint density at radius 2 is 1.72 bits per heavy atom. The zero-order chi connectivity index (χ0) is 55.2. The first kappa shape index (κ1) is 55.5. The van der Waals surface area contributed by atoms with Crippen molar-refractivity contribution in [1.29, 1.82) is 0 Å². The van der Waals surface area contributed by atoms with Crippen molar-refractivity contribution in [3.05, 3.63) is 89.9 Å². The van der Waals surface area contributed by atoms with Gasteiger partial charge in [-0.15, -0.1) is 4.58 Å². The largest absolute Gasteiger partial charge is 0.465 e. The molecule has 2 aromatic carbocycles. The van der Waals surface area contributed by atoms with Crippen LogP contribution in [0.25, 0.3) is 33.3 Å². The summed E-state index contributed by atoms with van der Waals surface area (Å²) in [4.78, 5) is 81.4. The Morgan fingerprint density at radius 3 is 2.39 bits per heavy atom. The summed E-state index contributed by atoms with van der Waals surface area (Å²) in [5.74, 6) is 1.71. The molecule has 2 fully saturated rings. The van der Waals surface area contributed by atoms with Crippen LogP contribution in [-0.4, -0.2) is 147 Å². The number of benzene rings is 2. The lowest BCUT2D eigenvalue weighted by Gasteiger charge is -2.38. The number of esters is 1. The van der Waals surface area contributed by atoms with Gasteiger partial charge in [-0.1, -0.05) is 70.5 Å². The third-order valence-electron chi connectivity index (χ3n) is 16.2. The molecule has 16 heteroatoms. The van der Waals surface area contributed by atoms with Crippen LogP contribution in [-0.2, 0) is 52.8 Å². The van der Waals surface area contributed by atoms with E-state index in [1.807, 2.05) is 70.1 Å². The summed E-state index contributed by atoms with van der Waals surface area (Å²) in [7, 11) is 6.85. The Balaban J connectivity index is 1.16. The van der Waals surface area contributed by atoms with E-state index < -0.39 is 69.6 Å². The average Bonchev–Trinajstić information content (AvgIpc) is 4.09. The molecule has 1 spiro atoms. The predicted octanol–water partition coefficient (Wildman–Crippen LogP) is 7.54. The van der Waals surface area contributed by atoms with Crippen molar-refractivity contribution in [3.63, 3.8) is 0 Å². The minimum Gasteiger partial charge on any atom is -0.465 e. The molecule has 6 heterocycles. The number of cyclic esters (lactones) is 1. The molecule has 404 valence electrons. The lowest BCUT2D eigenvalue weighted by atomic mass is 9.84. The van der Waals surface area contributed by atoms with Gasteiger partial charge in [0.1, 0.15) is 0 Å². The first-order valence-electron chi connectivity index (χ1n) is 26.7. The lowest BCUT2D eigenvalue weighted by molar-refractivity contribution is -0.423. The van der Waals surface area contributed by atoms with Crippen molar-refractivity contribution in [2.45, 2.75) is 129 Å². The number of hydrogen-bond donors (Lipinski definition) is 1. The fraction of sp³-hybridized carbons (Fsp3) is 0.517. The summed E-state index contributed by atoms with van der Waals surface area (Å²) in [5.41, 5.74) is 6.02. The summed E-state index contributed by atoms with van der Waals surface area (Å²) >= 11 is 0. The van der Waals surface area contributed by atoms with Gasteiger partial charge < -0.3 is 23.8 Å². The summed E-state index contributed by atoms with van der Waals surface area (Å²) in [6.45, 7) is 20.9. The molecule has 2 aromatic heterocycles. The van der Waals surface area contributed by atoms with Gasteiger partial charge in [0.15, 0.2) is 11.7 Å². The normalized spacial score (nSPS) is 21.4. The minimum atomic E-state index is -2.34. The zero-order valence-electron chi connectivity index (χ0n) is 46.5. The molecule has 4 aliphatic rings. The van der Waals surface area contributed by atoms with Gasteiger partial charge in [0.05, 0.1) is 42.0 Å². The summed E-state index contributed by atoms with van der Waals surface area (Å²) < 4.78 is 32.7. The zero-order valence-corrected chi connectivity index (χ0v) is 46.5. The van der Waals surface area contributed by atoms with Crippen LogP contribution in [0.15, 0.2) is 73.1 Å². The van der Waals surface area contributed by atoms with Crippen molar-refractivity contribution in [1.82, 2.24) is 34.7 Å². The predicted molar refractivity (Wildman–Crippen MR) is 291 cm³/mol. The Kier molecular flexibility index (Phi) is 15.6. The van der Waals surface area contributed by atoms with E-state index in [2.05, 4.69) is 73.4 Å². The maximum absolute atomic E-state index is 16.9. The molecule has 1 N–H and O–H groups in total. The van der Waals surface area contributed by atoms with Crippen LogP contribution in [0.5, 0.6) is 0 Å². The van der Waals surface area contributed by atoms with E-state index in [9.17, 15) is 14.4 Å². The SMILES string of the molecule is C=C1NN2CCC[C@H]1C(=O)OCC(C)(C)Cc1c(-c3cccnc3[C@H](C)OC)n(CC)c3ccc(cc13)-c1cccc(c1)C[C@@]1(C=[N+]1C(=O)[C@H](C(C)C)N(C)C(=O)C1(F)CCN(C(=O)C#CC(C)(C)N(C)C)CC1)C2=O. The monoisotopic (exact) mass is 1040 g/mol. The Labute approximate surface area is 447 Å². The maximum atomic E-state index is 16.9. The molecule has 4 atom stereocenters. The van der Waals surface area contributed by atoms with Crippen LogP contribution in [0.4, 0.5) is 4.39 Å². The van der Waals surface area contributed by atoms with Crippen LogP contribution < -0.4 is 5.43 Å². The number of aromatic nitrogens is 2.